The van der Waals surface area contributed by atoms with E-state index in [-0.39, 0.29) is 18.7 Å². The lowest BCUT2D eigenvalue weighted by atomic mass is 10.1. The van der Waals surface area contributed by atoms with Crippen molar-refractivity contribution in [1.82, 2.24) is 4.98 Å². The third-order valence-corrected chi connectivity index (χ3v) is 1.89. The average Bonchev–Trinajstić information content (AvgIpc) is 2.19. The molecule has 0 bridgehead atoms. The lowest BCUT2D eigenvalue weighted by Crippen LogP contribution is -2.10. The highest BCUT2D eigenvalue weighted by Gasteiger charge is 2.32. The van der Waals surface area contributed by atoms with E-state index in [1.807, 2.05) is 6.07 Å². The van der Waals surface area contributed by atoms with E-state index in [0.29, 0.717) is 5.56 Å². The summed E-state index contributed by atoms with van der Waals surface area (Å²) in [6, 6.07) is 3.97. The maximum absolute atomic E-state index is 12.4. The van der Waals surface area contributed by atoms with E-state index in [2.05, 4.69) is 16.7 Å². The highest BCUT2D eigenvalue weighted by molar-refractivity contribution is 5.29. The van der Waals surface area contributed by atoms with Crippen LogP contribution in [0.15, 0.2) is 17.1 Å². The van der Waals surface area contributed by atoms with E-state index in [1.54, 1.807) is 0 Å². The molecule has 0 saturated heterocycles. The van der Waals surface area contributed by atoms with Gasteiger partial charge in [-0.1, -0.05) is 6.07 Å². The fraction of sp³-hybridized carbons (Fsp3) is 0.300. The molecule has 0 N–H and O–H groups in total. The molecule has 6 heteroatoms. The van der Waals surface area contributed by atoms with Crippen LogP contribution in [0.25, 0.3) is 0 Å². The number of alkyl halides is 3. The summed E-state index contributed by atoms with van der Waals surface area (Å²) >= 11 is 0. The fourth-order valence-corrected chi connectivity index (χ4v) is 1.18. The predicted molar refractivity (Wildman–Crippen MR) is 51.8 cm³/mol. The lowest BCUT2D eigenvalue weighted by molar-refractivity contribution is -0.141. The second-order valence-corrected chi connectivity index (χ2v) is 3.02. The van der Waals surface area contributed by atoms with Crippen molar-refractivity contribution >= 4 is 6.72 Å². The second-order valence-electron chi connectivity index (χ2n) is 3.02. The summed E-state index contributed by atoms with van der Waals surface area (Å²) in [5.74, 6) is 0. The summed E-state index contributed by atoms with van der Waals surface area (Å²) in [4.78, 5) is 6.93. The minimum atomic E-state index is -4.49. The monoisotopic (exact) mass is 227 g/mol. The number of aliphatic imine (C=N–C) groups is 1. The van der Waals surface area contributed by atoms with Gasteiger partial charge in [0.2, 0.25) is 0 Å². The molecule has 1 rings (SSSR count). The van der Waals surface area contributed by atoms with E-state index in [9.17, 15) is 13.2 Å². The van der Waals surface area contributed by atoms with Gasteiger partial charge in [-0.15, -0.1) is 0 Å². The van der Waals surface area contributed by atoms with E-state index >= 15 is 0 Å². The molecule has 0 spiro atoms. The van der Waals surface area contributed by atoms with Crippen molar-refractivity contribution in [3.8, 4) is 6.07 Å². The molecule has 0 aromatic carbocycles. The molecule has 0 aliphatic heterocycles. The van der Waals surface area contributed by atoms with Crippen molar-refractivity contribution in [2.75, 3.05) is 0 Å². The fourth-order valence-electron chi connectivity index (χ4n) is 1.18. The Labute approximate surface area is 90.3 Å². The van der Waals surface area contributed by atoms with Crippen molar-refractivity contribution in [3.63, 3.8) is 0 Å². The van der Waals surface area contributed by atoms with E-state index in [4.69, 9.17) is 5.26 Å². The van der Waals surface area contributed by atoms with Gasteiger partial charge in [0.15, 0.2) is 0 Å². The van der Waals surface area contributed by atoms with Crippen LogP contribution < -0.4 is 0 Å². The first-order valence-corrected chi connectivity index (χ1v) is 4.34. The number of halogens is 3. The molecule has 16 heavy (non-hydrogen) atoms. The molecule has 0 saturated carbocycles. The van der Waals surface area contributed by atoms with E-state index in [1.165, 1.54) is 6.07 Å². The van der Waals surface area contributed by atoms with Gasteiger partial charge in [0.05, 0.1) is 24.7 Å². The molecule has 0 amide bonds. The lowest BCUT2D eigenvalue weighted by Gasteiger charge is -2.09. The number of pyridine rings is 1. The first kappa shape index (κ1) is 12.2. The molecule has 0 fully saturated rings. The Bertz CT molecular complexity index is 432. The first-order chi connectivity index (χ1) is 7.49. The number of aromatic nitrogens is 1. The van der Waals surface area contributed by atoms with Crippen LogP contribution in [0, 0.1) is 11.3 Å². The van der Waals surface area contributed by atoms with Gasteiger partial charge in [-0.25, -0.2) is 4.98 Å². The Hall–Kier alpha value is -1.90. The van der Waals surface area contributed by atoms with Crippen LogP contribution in [0.1, 0.15) is 17.0 Å². The summed E-state index contributed by atoms with van der Waals surface area (Å²) in [6.07, 6.45) is -4.48. The van der Waals surface area contributed by atoms with Crippen molar-refractivity contribution in [2.24, 2.45) is 4.99 Å². The highest BCUT2D eigenvalue weighted by Crippen LogP contribution is 2.28. The minimum Gasteiger partial charge on any atom is -0.295 e. The summed E-state index contributed by atoms with van der Waals surface area (Å²) in [6.45, 7) is 3.17. The van der Waals surface area contributed by atoms with Gasteiger partial charge in [0, 0.05) is 0 Å². The Balaban J connectivity index is 3.17. The Kier molecular flexibility index (Phi) is 3.61. The topological polar surface area (TPSA) is 49.0 Å². The Morgan fingerprint density at radius 3 is 2.62 bits per heavy atom. The van der Waals surface area contributed by atoms with Crippen molar-refractivity contribution in [1.29, 1.82) is 5.26 Å². The molecule has 0 atom stereocenters. The number of rotatable bonds is 3. The number of nitrogens with zero attached hydrogens (tertiary/aromatic N) is 3. The van der Waals surface area contributed by atoms with Gasteiger partial charge in [-0.3, -0.25) is 4.99 Å². The third kappa shape index (κ3) is 2.79. The summed E-state index contributed by atoms with van der Waals surface area (Å²) in [5.41, 5.74) is -0.387. The van der Waals surface area contributed by atoms with E-state index < -0.39 is 11.9 Å². The zero-order valence-electron chi connectivity index (χ0n) is 8.25. The smallest absolute Gasteiger partial charge is 0.295 e. The quantitative estimate of drug-likeness (QED) is 0.744. The number of hydrogen-bond acceptors (Lipinski definition) is 3. The Morgan fingerprint density at radius 2 is 2.12 bits per heavy atom. The standard InChI is InChI=1S/C10H8F3N3/c1-15-6-8-7(4-5-14)2-3-9(16-8)10(11,12)13/h2-3H,1,4,6H2. The zero-order chi connectivity index (χ0) is 12.2. The first-order valence-electron chi connectivity index (χ1n) is 4.34. The molecule has 0 radical (unpaired) electrons. The highest BCUT2D eigenvalue weighted by atomic mass is 19.4. The Morgan fingerprint density at radius 1 is 1.44 bits per heavy atom. The minimum absolute atomic E-state index is 0.00991. The van der Waals surface area contributed by atoms with Gasteiger partial charge in [-0.2, -0.15) is 18.4 Å². The summed E-state index contributed by atoms with van der Waals surface area (Å²) < 4.78 is 37.1. The number of nitriles is 1. The van der Waals surface area contributed by atoms with Crippen molar-refractivity contribution in [2.45, 2.75) is 19.1 Å². The summed E-state index contributed by atoms with van der Waals surface area (Å²) in [5, 5.41) is 8.50. The maximum atomic E-state index is 12.4. The van der Waals surface area contributed by atoms with Crippen LogP contribution >= 0.6 is 0 Å². The maximum Gasteiger partial charge on any atom is 0.433 e. The third-order valence-electron chi connectivity index (χ3n) is 1.89. The van der Waals surface area contributed by atoms with Crippen LogP contribution in [0.5, 0.6) is 0 Å². The van der Waals surface area contributed by atoms with Crippen LogP contribution in [-0.2, 0) is 19.1 Å². The molecule has 3 nitrogen and oxygen atoms in total. The van der Waals surface area contributed by atoms with Crippen LogP contribution in [0.2, 0.25) is 0 Å². The van der Waals surface area contributed by atoms with Gasteiger partial charge in [0.1, 0.15) is 5.69 Å². The number of hydrogen-bond donors (Lipinski definition) is 0. The molecular weight excluding hydrogens is 219 g/mol. The molecule has 84 valence electrons. The van der Waals surface area contributed by atoms with Crippen LogP contribution in [0.4, 0.5) is 13.2 Å². The zero-order valence-corrected chi connectivity index (χ0v) is 8.25. The molecule has 1 aromatic rings. The van der Waals surface area contributed by atoms with Gasteiger partial charge >= 0.3 is 6.18 Å². The van der Waals surface area contributed by atoms with Crippen LogP contribution in [-0.4, -0.2) is 11.7 Å². The molecule has 0 aliphatic carbocycles. The van der Waals surface area contributed by atoms with Crippen molar-refractivity contribution < 1.29 is 13.2 Å². The normalized spacial score (nSPS) is 10.9. The molecule has 1 heterocycles. The second kappa shape index (κ2) is 4.75. The van der Waals surface area contributed by atoms with Gasteiger partial charge < -0.3 is 0 Å². The van der Waals surface area contributed by atoms with Gasteiger partial charge in [0.25, 0.3) is 0 Å². The predicted octanol–water partition coefficient (Wildman–Crippen LogP) is 2.37. The molecule has 0 aliphatic rings. The van der Waals surface area contributed by atoms with E-state index in [0.717, 1.165) is 6.07 Å². The summed E-state index contributed by atoms with van der Waals surface area (Å²) in [7, 11) is 0. The average molecular weight is 227 g/mol. The molecule has 1 aromatic heterocycles. The van der Waals surface area contributed by atoms with Crippen LogP contribution in [0.3, 0.4) is 0 Å². The molecule has 0 unspecified atom stereocenters. The van der Waals surface area contributed by atoms with Gasteiger partial charge in [-0.05, 0) is 18.3 Å². The largest absolute Gasteiger partial charge is 0.433 e. The molecular formula is C10H8F3N3. The van der Waals surface area contributed by atoms with Crippen molar-refractivity contribution in [3.05, 3.63) is 29.1 Å². The SMILES string of the molecule is C=NCc1nc(C(F)(F)F)ccc1CC#N.